The summed E-state index contributed by atoms with van der Waals surface area (Å²) in [6.45, 7) is 6.61. The van der Waals surface area contributed by atoms with Gasteiger partial charge in [0.15, 0.2) is 0 Å². The fraction of sp³-hybridized carbons (Fsp3) is 0.571. The summed E-state index contributed by atoms with van der Waals surface area (Å²) >= 11 is 11.8. The van der Waals surface area contributed by atoms with Gasteiger partial charge in [0.05, 0.1) is 22.3 Å². The maximum Gasteiger partial charge on any atom is 0.0859 e. The Labute approximate surface area is 119 Å². The van der Waals surface area contributed by atoms with E-state index in [2.05, 4.69) is 0 Å². The van der Waals surface area contributed by atoms with E-state index in [4.69, 9.17) is 27.9 Å². The van der Waals surface area contributed by atoms with Crippen LogP contribution in [0.5, 0.6) is 0 Å². The molecular weight excluding hydrogens is 271 g/mol. The molecule has 2 unspecified atom stereocenters. The summed E-state index contributed by atoms with van der Waals surface area (Å²) in [4.78, 5) is 0. The van der Waals surface area contributed by atoms with E-state index in [-0.39, 0.29) is 12.0 Å². The Morgan fingerprint density at radius 3 is 2.39 bits per heavy atom. The molecule has 102 valence electrons. The van der Waals surface area contributed by atoms with Crippen LogP contribution in [0, 0.1) is 5.92 Å². The molecule has 0 fully saturated rings. The molecule has 0 aliphatic carbocycles. The van der Waals surface area contributed by atoms with Gasteiger partial charge in [0.25, 0.3) is 0 Å². The van der Waals surface area contributed by atoms with Gasteiger partial charge in [-0.05, 0) is 30.5 Å². The summed E-state index contributed by atoms with van der Waals surface area (Å²) < 4.78 is 5.58. The Morgan fingerprint density at radius 1 is 1.22 bits per heavy atom. The van der Waals surface area contributed by atoms with E-state index in [1.165, 1.54) is 0 Å². The summed E-state index contributed by atoms with van der Waals surface area (Å²) in [5, 5.41) is 11.3. The zero-order valence-electron chi connectivity index (χ0n) is 11.0. The second kappa shape index (κ2) is 7.34. The van der Waals surface area contributed by atoms with Crippen molar-refractivity contribution in [3.05, 3.63) is 33.8 Å². The van der Waals surface area contributed by atoms with E-state index < -0.39 is 6.10 Å². The second-order valence-electron chi connectivity index (χ2n) is 4.68. The average molecular weight is 291 g/mol. The molecule has 0 aliphatic heterocycles. The summed E-state index contributed by atoms with van der Waals surface area (Å²) in [5.41, 5.74) is 0.960. The Hall–Kier alpha value is -0.280. The highest BCUT2D eigenvalue weighted by molar-refractivity contribution is 6.42. The average Bonchev–Trinajstić information content (AvgIpc) is 2.30. The molecule has 0 spiro atoms. The van der Waals surface area contributed by atoms with Crippen LogP contribution in [-0.2, 0) is 11.2 Å². The third-order valence-electron chi connectivity index (χ3n) is 2.82. The number of hydrogen-bond donors (Lipinski definition) is 1. The topological polar surface area (TPSA) is 29.5 Å². The van der Waals surface area contributed by atoms with Gasteiger partial charge < -0.3 is 9.84 Å². The van der Waals surface area contributed by atoms with Crippen LogP contribution in [0.3, 0.4) is 0 Å². The van der Waals surface area contributed by atoms with Gasteiger partial charge in [0.2, 0.25) is 0 Å². The minimum absolute atomic E-state index is 0.163. The second-order valence-corrected chi connectivity index (χ2v) is 5.50. The highest BCUT2D eigenvalue weighted by atomic mass is 35.5. The molecule has 1 aromatic carbocycles. The summed E-state index contributed by atoms with van der Waals surface area (Å²) in [5.74, 6) is 0.266. The lowest BCUT2D eigenvalue weighted by Gasteiger charge is -2.26. The number of aliphatic hydroxyl groups is 1. The van der Waals surface area contributed by atoms with Gasteiger partial charge in [0, 0.05) is 13.0 Å². The largest absolute Gasteiger partial charge is 0.390 e. The highest BCUT2D eigenvalue weighted by Crippen LogP contribution is 2.24. The first kappa shape index (κ1) is 15.8. The van der Waals surface area contributed by atoms with Crippen molar-refractivity contribution in [3.8, 4) is 0 Å². The lowest BCUT2D eigenvalue weighted by atomic mass is 9.96. The minimum Gasteiger partial charge on any atom is -0.390 e. The molecule has 0 saturated carbocycles. The van der Waals surface area contributed by atoms with E-state index in [9.17, 15) is 5.11 Å². The molecule has 4 heteroatoms. The van der Waals surface area contributed by atoms with Crippen molar-refractivity contribution in [1.82, 2.24) is 0 Å². The number of ether oxygens (including phenoxy) is 1. The number of hydrogen-bond acceptors (Lipinski definition) is 2. The molecule has 0 amide bonds. The predicted octanol–water partition coefficient (Wildman–Crippen LogP) is 3.96. The number of benzene rings is 1. The first-order chi connectivity index (χ1) is 8.45. The Morgan fingerprint density at radius 2 is 1.89 bits per heavy atom. The van der Waals surface area contributed by atoms with E-state index in [0.717, 1.165) is 5.56 Å². The fourth-order valence-corrected chi connectivity index (χ4v) is 2.29. The molecule has 0 saturated heterocycles. The van der Waals surface area contributed by atoms with Gasteiger partial charge in [-0.3, -0.25) is 0 Å². The molecule has 0 radical (unpaired) electrons. The van der Waals surface area contributed by atoms with Crippen LogP contribution in [0.1, 0.15) is 26.3 Å². The maximum absolute atomic E-state index is 10.2. The van der Waals surface area contributed by atoms with Crippen molar-refractivity contribution >= 4 is 23.2 Å². The molecule has 0 aliphatic rings. The van der Waals surface area contributed by atoms with Crippen LogP contribution in [0.4, 0.5) is 0 Å². The molecule has 0 bridgehead atoms. The quantitative estimate of drug-likeness (QED) is 0.859. The van der Waals surface area contributed by atoms with E-state index in [1.807, 2.05) is 26.8 Å². The number of rotatable bonds is 6. The number of aliphatic hydroxyl groups excluding tert-OH is 1. The molecule has 1 rings (SSSR count). The van der Waals surface area contributed by atoms with E-state index in [0.29, 0.717) is 23.1 Å². The van der Waals surface area contributed by atoms with Crippen molar-refractivity contribution in [1.29, 1.82) is 0 Å². The van der Waals surface area contributed by atoms with E-state index >= 15 is 0 Å². The van der Waals surface area contributed by atoms with Gasteiger partial charge in [0.1, 0.15) is 0 Å². The lowest BCUT2D eigenvalue weighted by molar-refractivity contribution is -0.0562. The first-order valence-corrected chi connectivity index (χ1v) is 6.94. The van der Waals surface area contributed by atoms with Crippen LogP contribution in [-0.4, -0.2) is 23.9 Å². The maximum atomic E-state index is 10.2. The third-order valence-corrected chi connectivity index (χ3v) is 3.56. The molecule has 18 heavy (non-hydrogen) atoms. The molecule has 2 atom stereocenters. The molecule has 1 aromatic rings. The van der Waals surface area contributed by atoms with Crippen molar-refractivity contribution in [2.45, 2.75) is 39.4 Å². The normalized spacial score (nSPS) is 14.8. The standard InChI is InChI=1S/C14H20Cl2O2/c1-4-18-14(9(2)3)13(17)8-10-5-6-11(15)12(16)7-10/h5-7,9,13-14,17H,4,8H2,1-3H3. The van der Waals surface area contributed by atoms with Crippen LogP contribution < -0.4 is 0 Å². The summed E-state index contributed by atoms with van der Waals surface area (Å²) in [6, 6.07) is 5.41. The highest BCUT2D eigenvalue weighted by Gasteiger charge is 2.23. The van der Waals surface area contributed by atoms with Crippen LogP contribution >= 0.6 is 23.2 Å². The lowest BCUT2D eigenvalue weighted by Crippen LogP contribution is -2.35. The first-order valence-electron chi connectivity index (χ1n) is 6.19. The van der Waals surface area contributed by atoms with Gasteiger partial charge in [-0.15, -0.1) is 0 Å². The van der Waals surface area contributed by atoms with Crippen molar-refractivity contribution < 1.29 is 9.84 Å². The zero-order valence-corrected chi connectivity index (χ0v) is 12.5. The van der Waals surface area contributed by atoms with Crippen molar-refractivity contribution in [2.75, 3.05) is 6.61 Å². The summed E-state index contributed by atoms with van der Waals surface area (Å²) in [7, 11) is 0. The van der Waals surface area contributed by atoms with E-state index in [1.54, 1.807) is 12.1 Å². The molecule has 2 nitrogen and oxygen atoms in total. The third kappa shape index (κ3) is 4.43. The Balaban J connectivity index is 2.72. The van der Waals surface area contributed by atoms with Gasteiger partial charge in [-0.1, -0.05) is 43.1 Å². The smallest absolute Gasteiger partial charge is 0.0859 e. The predicted molar refractivity (Wildman–Crippen MR) is 76.4 cm³/mol. The summed E-state index contributed by atoms with van der Waals surface area (Å²) in [6.07, 6.45) is -0.189. The van der Waals surface area contributed by atoms with Crippen LogP contribution in [0.2, 0.25) is 10.0 Å². The molecule has 0 heterocycles. The molecular formula is C14H20Cl2O2. The molecule has 0 aromatic heterocycles. The van der Waals surface area contributed by atoms with Crippen molar-refractivity contribution in [2.24, 2.45) is 5.92 Å². The van der Waals surface area contributed by atoms with Gasteiger partial charge >= 0.3 is 0 Å². The fourth-order valence-electron chi connectivity index (χ4n) is 1.96. The molecule has 1 N–H and O–H groups in total. The van der Waals surface area contributed by atoms with Crippen LogP contribution in [0.25, 0.3) is 0 Å². The van der Waals surface area contributed by atoms with Crippen LogP contribution in [0.15, 0.2) is 18.2 Å². The Kier molecular flexibility index (Phi) is 6.44. The zero-order chi connectivity index (χ0) is 13.7. The SMILES string of the molecule is CCOC(C(C)C)C(O)Cc1ccc(Cl)c(Cl)c1. The Bertz CT molecular complexity index is 380. The monoisotopic (exact) mass is 290 g/mol. The van der Waals surface area contributed by atoms with Gasteiger partial charge in [-0.2, -0.15) is 0 Å². The van der Waals surface area contributed by atoms with Crippen molar-refractivity contribution in [3.63, 3.8) is 0 Å². The number of halogens is 2. The minimum atomic E-state index is -0.540. The van der Waals surface area contributed by atoms with Gasteiger partial charge in [-0.25, -0.2) is 0 Å².